The maximum absolute atomic E-state index is 11.0. The van der Waals surface area contributed by atoms with Crippen molar-refractivity contribution in [1.29, 1.82) is 0 Å². The van der Waals surface area contributed by atoms with E-state index in [2.05, 4.69) is 0 Å². The Labute approximate surface area is 97.6 Å². The number of rotatable bonds is 1. The lowest BCUT2D eigenvalue weighted by atomic mass is 9.82. The second-order valence-electron chi connectivity index (χ2n) is 4.84. The van der Waals surface area contributed by atoms with E-state index in [9.17, 15) is 8.42 Å². The Morgan fingerprint density at radius 2 is 1.25 bits per heavy atom. The molecule has 0 atom stereocenters. The van der Waals surface area contributed by atoms with Crippen LogP contribution in [0.4, 0.5) is 0 Å². The van der Waals surface area contributed by atoms with E-state index in [1.807, 2.05) is 0 Å². The highest BCUT2D eigenvalue weighted by molar-refractivity contribution is 7.81. The first-order chi connectivity index (χ1) is 7.67. The maximum Gasteiger partial charge on any atom is 0.399 e. The second-order valence-corrected chi connectivity index (χ2v) is 6.13. The van der Waals surface area contributed by atoms with Gasteiger partial charge in [0, 0.05) is 5.92 Å². The third-order valence-corrected chi connectivity index (χ3v) is 4.52. The van der Waals surface area contributed by atoms with E-state index in [1.54, 1.807) is 0 Å². The zero-order chi connectivity index (χ0) is 11.4. The van der Waals surface area contributed by atoms with Crippen molar-refractivity contribution in [2.75, 3.05) is 13.2 Å². The van der Waals surface area contributed by atoms with Crippen molar-refractivity contribution >= 4 is 10.4 Å². The second kappa shape index (κ2) is 5.47. The lowest BCUT2D eigenvalue weighted by molar-refractivity contribution is 0.0610. The summed E-state index contributed by atoms with van der Waals surface area (Å²) in [6.45, 7) is 0.625. The summed E-state index contributed by atoms with van der Waals surface area (Å²) >= 11 is 0. The van der Waals surface area contributed by atoms with Crippen molar-refractivity contribution in [2.45, 2.75) is 44.9 Å². The van der Waals surface area contributed by atoms with Gasteiger partial charge in [0.2, 0.25) is 0 Å². The van der Waals surface area contributed by atoms with Crippen molar-refractivity contribution < 1.29 is 16.8 Å². The fraction of sp³-hybridized carbons (Fsp3) is 1.00. The minimum absolute atomic E-state index is 0.265. The molecule has 0 N–H and O–H groups in total. The fourth-order valence-corrected chi connectivity index (χ4v) is 3.41. The van der Waals surface area contributed by atoms with Crippen LogP contribution in [0.1, 0.15) is 44.9 Å². The highest BCUT2D eigenvalue weighted by Crippen LogP contribution is 2.31. The molecule has 0 aromatic heterocycles. The SMILES string of the molecule is O=S1(=O)OCC(C2CCCCCCC2)CO1. The third kappa shape index (κ3) is 3.43. The van der Waals surface area contributed by atoms with Crippen LogP contribution in [0.2, 0.25) is 0 Å². The Bertz CT molecular complexity index is 290. The van der Waals surface area contributed by atoms with Gasteiger partial charge in [-0.2, -0.15) is 8.42 Å². The predicted octanol–water partition coefficient (Wildman–Crippen LogP) is 2.25. The van der Waals surface area contributed by atoms with Crippen LogP contribution in [-0.2, 0) is 18.8 Å². The van der Waals surface area contributed by atoms with Crippen LogP contribution >= 0.6 is 0 Å². The predicted molar refractivity (Wildman–Crippen MR) is 60.1 cm³/mol. The lowest BCUT2D eigenvalue weighted by Crippen LogP contribution is -2.33. The summed E-state index contributed by atoms with van der Waals surface area (Å²) in [4.78, 5) is 0. The van der Waals surface area contributed by atoms with Crippen molar-refractivity contribution in [3.05, 3.63) is 0 Å². The summed E-state index contributed by atoms with van der Waals surface area (Å²) < 4.78 is 31.4. The van der Waals surface area contributed by atoms with E-state index in [0.717, 1.165) is 0 Å². The molecule has 16 heavy (non-hydrogen) atoms. The molecule has 0 bridgehead atoms. The molecule has 0 amide bonds. The molecule has 1 saturated carbocycles. The van der Waals surface area contributed by atoms with Crippen LogP contribution in [0.3, 0.4) is 0 Å². The van der Waals surface area contributed by atoms with Crippen LogP contribution in [-0.4, -0.2) is 21.6 Å². The molecule has 5 heteroatoms. The number of hydrogen-bond donors (Lipinski definition) is 0. The Hall–Kier alpha value is -0.130. The minimum atomic E-state index is -3.67. The molecule has 1 aliphatic carbocycles. The molecule has 2 aliphatic rings. The van der Waals surface area contributed by atoms with Gasteiger partial charge in [0.15, 0.2) is 0 Å². The van der Waals surface area contributed by atoms with Gasteiger partial charge in [-0.05, 0) is 5.92 Å². The van der Waals surface area contributed by atoms with Crippen molar-refractivity contribution in [1.82, 2.24) is 0 Å². The molecule has 2 rings (SSSR count). The Morgan fingerprint density at radius 3 is 1.81 bits per heavy atom. The molecule has 0 radical (unpaired) electrons. The van der Waals surface area contributed by atoms with Gasteiger partial charge in [0.25, 0.3) is 0 Å². The summed E-state index contributed by atoms with van der Waals surface area (Å²) in [7, 11) is -3.67. The van der Waals surface area contributed by atoms with Crippen molar-refractivity contribution in [3.8, 4) is 0 Å². The van der Waals surface area contributed by atoms with Gasteiger partial charge in [0.1, 0.15) is 0 Å². The Morgan fingerprint density at radius 1 is 0.750 bits per heavy atom. The molecular formula is C11H20O4S. The fourth-order valence-electron chi connectivity index (χ4n) is 2.65. The van der Waals surface area contributed by atoms with E-state index < -0.39 is 10.4 Å². The average molecular weight is 248 g/mol. The molecule has 0 spiro atoms. The van der Waals surface area contributed by atoms with Crippen molar-refractivity contribution in [2.24, 2.45) is 11.8 Å². The van der Waals surface area contributed by atoms with Gasteiger partial charge in [-0.15, -0.1) is 0 Å². The molecule has 1 saturated heterocycles. The van der Waals surface area contributed by atoms with E-state index in [1.165, 1.54) is 44.9 Å². The quantitative estimate of drug-likeness (QED) is 0.714. The summed E-state index contributed by atoms with van der Waals surface area (Å²) in [6, 6.07) is 0. The van der Waals surface area contributed by atoms with E-state index in [4.69, 9.17) is 8.37 Å². The first kappa shape index (κ1) is 12.3. The summed E-state index contributed by atoms with van der Waals surface area (Å²) in [5.41, 5.74) is 0. The van der Waals surface area contributed by atoms with Gasteiger partial charge >= 0.3 is 10.4 Å². The molecule has 94 valence electrons. The molecule has 0 unspecified atom stereocenters. The Balaban J connectivity index is 1.86. The summed E-state index contributed by atoms with van der Waals surface area (Å²) in [5, 5.41) is 0. The first-order valence-electron chi connectivity index (χ1n) is 6.21. The largest absolute Gasteiger partial charge is 0.399 e. The van der Waals surface area contributed by atoms with Gasteiger partial charge in [0.05, 0.1) is 13.2 Å². The molecule has 1 aliphatic heterocycles. The van der Waals surface area contributed by atoms with Crippen LogP contribution in [0, 0.1) is 11.8 Å². The Kier molecular flexibility index (Phi) is 4.21. The van der Waals surface area contributed by atoms with Crippen LogP contribution in [0.5, 0.6) is 0 Å². The molecule has 0 aromatic rings. The van der Waals surface area contributed by atoms with E-state index >= 15 is 0 Å². The van der Waals surface area contributed by atoms with Gasteiger partial charge in [-0.25, -0.2) is 8.37 Å². The average Bonchev–Trinajstić information content (AvgIpc) is 2.18. The minimum Gasteiger partial charge on any atom is -0.248 e. The smallest absolute Gasteiger partial charge is 0.248 e. The van der Waals surface area contributed by atoms with Crippen molar-refractivity contribution in [3.63, 3.8) is 0 Å². The first-order valence-corrected chi connectivity index (χ1v) is 7.54. The molecular weight excluding hydrogens is 228 g/mol. The lowest BCUT2D eigenvalue weighted by Gasteiger charge is -2.30. The molecule has 4 nitrogen and oxygen atoms in total. The standard InChI is InChI=1S/C11H20O4S/c12-16(13)14-8-11(9-15-16)10-6-4-2-1-3-5-7-10/h10-11H,1-9H2. The third-order valence-electron chi connectivity index (χ3n) is 3.67. The zero-order valence-corrected chi connectivity index (χ0v) is 10.4. The van der Waals surface area contributed by atoms with E-state index in [0.29, 0.717) is 19.1 Å². The topological polar surface area (TPSA) is 52.6 Å². The zero-order valence-electron chi connectivity index (χ0n) is 9.56. The molecule has 1 heterocycles. The van der Waals surface area contributed by atoms with Gasteiger partial charge in [-0.1, -0.05) is 44.9 Å². The summed E-state index contributed by atoms with van der Waals surface area (Å²) in [5.74, 6) is 0.845. The van der Waals surface area contributed by atoms with Crippen LogP contribution in [0.15, 0.2) is 0 Å². The van der Waals surface area contributed by atoms with Gasteiger partial charge in [-0.3, -0.25) is 0 Å². The monoisotopic (exact) mass is 248 g/mol. The summed E-state index contributed by atoms with van der Waals surface area (Å²) in [6.07, 6.45) is 8.86. The normalized spacial score (nSPS) is 29.5. The highest BCUT2D eigenvalue weighted by atomic mass is 32.3. The molecule has 2 fully saturated rings. The molecule has 0 aromatic carbocycles. The van der Waals surface area contributed by atoms with Crippen LogP contribution in [0.25, 0.3) is 0 Å². The van der Waals surface area contributed by atoms with E-state index in [-0.39, 0.29) is 5.92 Å². The van der Waals surface area contributed by atoms with Gasteiger partial charge < -0.3 is 0 Å². The van der Waals surface area contributed by atoms with Crippen LogP contribution < -0.4 is 0 Å². The highest BCUT2D eigenvalue weighted by Gasteiger charge is 2.30. The maximum atomic E-state index is 11.0. The number of hydrogen-bond acceptors (Lipinski definition) is 4.